The molecule has 0 unspecified atom stereocenters. The van der Waals surface area contributed by atoms with Gasteiger partial charge >= 0.3 is 6.18 Å². The van der Waals surface area contributed by atoms with Crippen molar-refractivity contribution in [2.24, 2.45) is 13.0 Å². The lowest BCUT2D eigenvalue weighted by atomic mass is 9.80. The molecule has 1 aliphatic heterocycles. The first-order chi connectivity index (χ1) is 16.7. The Labute approximate surface area is 201 Å². The van der Waals surface area contributed by atoms with Gasteiger partial charge in [0.25, 0.3) is 5.56 Å². The van der Waals surface area contributed by atoms with Crippen molar-refractivity contribution in [3.63, 3.8) is 0 Å². The van der Waals surface area contributed by atoms with Crippen molar-refractivity contribution in [1.29, 1.82) is 0 Å². The highest BCUT2D eigenvalue weighted by Gasteiger charge is 2.40. The average molecular weight is 487 g/mol. The van der Waals surface area contributed by atoms with Crippen LogP contribution in [0.25, 0.3) is 10.9 Å². The van der Waals surface area contributed by atoms with Gasteiger partial charge < -0.3 is 19.4 Å². The predicted octanol–water partition coefficient (Wildman–Crippen LogP) is 3.79. The third-order valence-electron chi connectivity index (χ3n) is 7.19. The maximum absolute atomic E-state index is 13.9. The Hall–Kier alpha value is -3.07. The first kappa shape index (κ1) is 23.7. The lowest BCUT2D eigenvalue weighted by molar-refractivity contribution is -0.140. The summed E-state index contributed by atoms with van der Waals surface area (Å²) in [5.41, 5.74) is 1.99. The van der Waals surface area contributed by atoms with Gasteiger partial charge in [0, 0.05) is 55.5 Å². The van der Waals surface area contributed by atoms with Gasteiger partial charge in [-0.05, 0) is 55.0 Å². The van der Waals surface area contributed by atoms with Gasteiger partial charge in [-0.3, -0.25) is 9.59 Å². The van der Waals surface area contributed by atoms with E-state index in [2.05, 4.69) is 5.32 Å². The van der Waals surface area contributed by atoms with E-state index in [4.69, 9.17) is 0 Å². The van der Waals surface area contributed by atoms with Gasteiger partial charge in [0.1, 0.15) is 6.54 Å². The molecule has 2 aliphatic rings. The maximum atomic E-state index is 13.9. The number of hydrogen-bond acceptors (Lipinski definition) is 3. The molecule has 1 aromatic carbocycles. The van der Waals surface area contributed by atoms with Crippen LogP contribution in [0, 0.1) is 5.92 Å². The molecule has 1 N–H and O–H groups in total. The van der Waals surface area contributed by atoms with E-state index in [-0.39, 0.29) is 35.9 Å². The third-order valence-corrected chi connectivity index (χ3v) is 7.19. The Balaban J connectivity index is 1.45. The predicted molar refractivity (Wildman–Crippen MR) is 127 cm³/mol. The summed E-state index contributed by atoms with van der Waals surface area (Å²) in [6.07, 6.45) is 1.47. The van der Waals surface area contributed by atoms with Crippen LogP contribution in [-0.2, 0) is 24.9 Å². The molecule has 186 valence electrons. The Bertz CT molecular complexity index is 1290. The second-order valence-electron chi connectivity index (χ2n) is 9.73. The minimum Gasteiger partial charge on any atom is -0.338 e. The molecular weight excluding hydrogens is 457 g/mol. The molecule has 3 heterocycles. The fourth-order valence-electron chi connectivity index (χ4n) is 5.25. The number of nitrogens with zero attached hydrogens (tertiary/aromatic N) is 3. The zero-order valence-electron chi connectivity index (χ0n) is 19.6. The molecular formula is C26H29F3N4O2. The molecule has 3 aromatic rings. The van der Waals surface area contributed by atoms with E-state index in [9.17, 15) is 22.8 Å². The summed E-state index contributed by atoms with van der Waals surface area (Å²) in [6, 6.07) is 10.7. The number of fused-ring (bicyclic) bond motifs is 1. The van der Waals surface area contributed by atoms with E-state index >= 15 is 0 Å². The van der Waals surface area contributed by atoms with E-state index in [0.717, 1.165) is 42.3 Å². The molecule has 1 amide bonds. The highest BCUT2D eigenvalue weighted by Crippen LogP contribution is 2.37. The minimum atomic E-state index is -4.33. The molecule has 2 atom stereocenters. The summed E-state index contributed by atoms with van der Waals surface area (Å²) < 4.78 is 42.3. The molecule has 9 heteroatoms. The number of carbonyl (C=O) groups is 1. The van der Waals surface area contributed by atoms with Gasteiger partial charge in [-0.1, -0.05) is 18.2 Å². The molecule has 0 radical (unpaired) electrons. The number of alkyl halides is 3. The number of nitrogens with one attached hydrogen (secondary N) is 1. The minimum absolute atomic E-state index is 0.00182. The van der Waals surface area contributed by atoms with Crippen LogP contribution in [-0.4, -0.2) is 45.2 Å². The molecule has 6 nitrogen and oxygen atoms in total. The zero-order chi connectivity index (χ0) is 24.7. The van der Waals surface area contributed by atoms with Crippen LogP contribution in [0.15, 0.2) is 53.6 Å². The van der Waals surface area contributed by atoms with E-state index in [1.807, 2.05) is 23.1 Å². The summed E-state index contributed by atoms with van der Waals surface area (Å²) in [7, 11) is 1.70. The van der Waals surface area contributed by atoms with Crippen molar-refractivity contribution in [2.75, 3.05) is 13.1 Å². The lowest BCUT2D eigenvalue weighted by Gasteiger charge is -2.35. The van der Waals surface area contributed by atoms with Crippen molar-refractivity contribution in [3.05, 3.63) is 70.3 Å². The lowest BCUT2D eigenvalue weighted by Crippen LogP contribution is -2.47. The van der Waals surface area contributed by atoms with Crippen LogP contribution in [0.3, 0.4) is 0 Å². The number of rotatable bonds is 6. The molecule has 2 aromatic heterocycles. The van der Waals surface area contributed by atoms with Crippen molar-refractivity contribution in [1.82, 2.24) is 19.4 Å². The molecule has 1 saturated carbocycles. The molecule has 0 spiro atoms. The Morgan fingerprint density at radius 2 is 1.94 bits per heavy atom. The number of carbonyl (C=O) groups excluding carboxylic acids is 1. The monoisotopic (exact) mass is 486 g/mol. The molecule has 35 heavy (non-hydrogen) atoms. The van der Waals surface area contributed by atoms with Crippen LogP contribution >= 0.6 is 0 Å². The number of amides is 1. The van der Waals surface area contributed by atoms with Gasteiger partial charge in [-0.25, -0.2) is 0 Å². The summed E-state index contributed by atoms with van der Waals surface area (Å²) >= 11 is 0. The fraction of sp³-hybridized carbons (Fsp3) is 0.462. The number of halogens is 3. The summed E-state index contributed by atoms with van der Waals surface area (Å²) in [5, 5.41) is 4.06. The van der Waals surface area contributed by atoms with Crippen molar-refractivity contribution in [2.45, 2.75) is 50.5 Å². The molecule has 1 saturated heterocycles. The van der Waals surface area contributed by atoms with E-state index < -0.39 is 12.7 Å². The summed E-state index contributed by atoms with van der Waals surface area (Å²) in [6.45, 7) is 0.479. The summed E-state index contributed by atoms with van der Waals surface area (Å²) in [5.74, 6) is -0.413. The van der Waals surface area contributed by atoms with Gasteiger partial charge in [0.2, 0.25) is 5.91 Å². The number of benzene rings is 1. The largest absolute Gasteiger partial charge is 0.406 e. The van der Waals surface area contributed by atoms with Crippen LogP contribution in [0.5, 0.6) is 0 Å². The van der Waals surface area contributed by atoms with Crippen LogP contribution in [0.4, 0.5) is 13.2 Å². The van der Waals surface area contributed by atoms with Gasteiger partial charge in [0.05, 0.1) is 5.92 Å². The van der Waals surface area contributed by atoms with Crippen molar-refractivity contribution in [3.8, 4) is 0 Å². The standard InChI is InChI=1S/C26H29F3N4O2/c1-31-11-9-17(12-24(31)34)20-8-10-30-13-22(20)25(35)33(19-6-7-19)15-18-14-32(16-26(27,28)29)23-5-3-2-4-21(18)23/h2-5,9,11-12,14,19-20,22,30H,6-8,10,13,15-16H2,1H3/t20-,22+/m1/s1. The Morgan fingerprint density at radius 1 is 1.17 bits per heavy atom. The van der Waals surface area contributed by atoms with E-state index in [0.29, 0.717) is 12.1 Å². The first-order valence-corrected chi connectivity index (χ1v) is 12.0. The fourth-order valence-corrected chi connectivity index (χ4v) is 5.25. The number of piperidine rings is 1. The second-order valence-corrected chi connectivity index (χ2v) is 9.73. The smallest absolute Gasteiger partial charge is 0.338 e. The average Bonchev–Trinajstić information content (AvgIpc) is 3.62. The number of aromatic nitrogens is 2. The highest BCUT2D eigenvalue weighted by atomic mass is 19.4. The number of hydrogen-bond donors (Lipinski definition) is 1. The van der Waals surface area contributed by atoms with Crippen LogP contribution in [0.1, 0.15) is 36.3 Å². The SMILES string of the molecule is Cn1ccc([C@H]2CCNC[C@@H]2C(=O)N(Cc2cn(CC(F)(F)F)c3ccccc23)C2CC2)cc1=O. The second kappa shape index (κ2) is 9.18. The van der Waals surface area contributed by atoms with E-state index in [1.165, 1.54) is 9.13 Å². The highest BCUT2D eigenvalue weighted by molar-refractivity contribution is 5.85. The normalized spacial score (nSPS) is 20.8. The van der Waals surface area contributed by atoms with Crippen LogP contribution in [0.2, 0.25) is 0 Å². The first-order valence-electron chi connectivity index (χ1n) is 12.0. The van der Waals surface area contributed by atoms with E-state index in [1.54, 1.807) is 37.6 Å². The third kappa shape index (κ3) is 5.00. The number of pyridine rings is 1. The quantitative estimate of drug-likeness (QED) is 0.577. The van der Waals surface area contributed by atoms with Crippen molar-refractivity contribution >= 4 is 16.8 Å². The number of aryl methyl sites for hydroxylation is 1. The van der Waals surface area contributed by atoms with Gasteiger partial charge in [-0.2, -0.15) is 13.2 Å². The van der Waals surface area contributed by atoms with Gasteiger partial charge in [0.15, 0.2) is 0 Å². The Kier molecular flexibility index (Phi) is 6.21. The summed E-state index contributed by atoms with van der Waals surface area (Å²) in [4.78, 5) is 28.0. The number of para-hydroxylation sites is 1. The Morgan fingerprint density at radius 3 is 2.66 bits per heavy atom. The molecule has 5 rings (SSSR count). The molecule has 0 bridgehead atoms. The molecule has 1 aliphatic carbocycles. The van der Waals surface area contributed by atoms with Crippen LogP contribution < -0.4 is 10.9 Å². The molecule has 2 fully saturated rings. The topological polar surface area (TPSA) is 59.3 Å². The van der Waals surface area contributed by atoms with Gasteiger partial charge in [-0.15, -0.1) is 0 Å². The zero-order valence-corrected chi connectivity index (χ0v) is 19.6. The van der Waals surface area contributed by atoms with Crippen molar-refractivity contribution < 1.29 is 18.0 Å². The maximum Gasteiger partial charge on any atom is 0.406 e.